The number of sulfone groups is 1. The lowest BCUT2D eigenvalue weighted by molar-refractivity contribution is 0.121. The molecule has 0 saturated heterocycles. The van der Waals surface area contributed by atoms with E-state index in [9.17, 15) is 21.6 Å². The van der Waals surface area contributed by atoms with Gasteiger partial charge in [0.25, 0.3) is 11.1 Å². The molecule has 3 atom stereocenters. The van der Waals surface area contributed by atoms with Gasteiger partial charge in [-0.3, -0.25) is 0 Å². The van der Waals surface area contributed by atoms with Crippen LogP contribution in [-0.2, 0) is 9.84 Å². The van der Waals surface area contributed by atoms with Gasteiger partial charge in [0, 0.05) is 17.9 Å². The van der Waals surface area contributed by atoms with Crippen molar-refractivity contribution < 1.29 is 21.6 Å². The van der Waals surface area contributed by atoms with E-state index in [-0.39, 0.29) is 12.2 Å². The molecule has 0 unspecified atom stereocenters. The summed E-state index contributed by atoms with van der Waals surface area (Å²) in [5, 5.41) is 1.63. The Hall–Kier alpha value is -1.61. The molecule has 1 aliphatic heterocycles. The minimum atomic E-state index is -4.38. The Morgan fingerprint density at radius 3 is 2.58 bits per heavy atom. The van der Waals surface area contributed by atoms with Crippen molar-refractivity contribution in [1.29, 1.82) is 0 Å². The lowest BCUT2D eigenvalue weighted by Crippen LogP contribution is -2.17. The van der Waals surface area contributed by atoms with E-state index in [0.717, 1.165) is 4.68 Å². The SMILES string of the molecule is O=S(=O)(c1nc2n(n1)[C@H](c1ccccc1Cl)C[C@@H]2F)[C@H]1CC1(F)F. The maximum Gasteiger partial charge on any atom is 0.267 e. The van der Waals surface area contributed by atoms with E-state index < -0.39 is 44.8 Å². The van der Waals surface area contributed by atoms with Gasteiger partial charge in [-0.2, -0.15) is 4.98 Å². The lowest BCUT2D eigenvalue weighted by Gasteiger charge is -2.13. The Labute approximate surface area is 140 Å². The molecule has 0 radical (unpaired) electrons. The van der Waals surface area contributed by atoms with E-state index in [2.05, 4.69) is 10.1 Å². The number of fused-ring (bicyclic) bond motifs is 1. The zero-order valence-corrected chi connectivity index (χ0v) is 13.6. The average molecular weight is 378 g/mol. The molecular formula is C14H11ClF3N3O2S. The number of rotatable bonds is 3. The first-order valence-electron chi connectivity index (χ1n) is 7.18. The third-order valence-corrected chi connectivity index (χ3v) is 6.59. The van der Waals surface area contributed by atoms with Gasteiger partial charge in [0.2, 0.25) is 9.84 Å². The van der Waals surface area contributed by atoms with E-state index in [0.29, 0.717) is 10.6 Å². The van der Waals surface area contributed by atoms with Gasteiger partial charge in [-0.15, -0.1) is 5.10 Å². The van der Waals surface area contributed by atoms with E-state index in [4.69, 9.17) is 11.6 Å². The van der Waals surface area contributed by atoms with Gasteiger partial charge in [-0.05, 0) is 11.6 Å². The second-order valence-corrected chi connectivity index (χ2v) is 8.37. The molecule has 24 heavy (non-hydrogen) atoms. The molecule has 2 aromatic rings. The molecular weight excluding hydrogens is 367 g/mol. The summed E-state index contributed by atoms with van der Waals surface area (Å²) in [4.78, 5) is 3.69. The summed E-state index contributed by atoms with van der Waals surface area (Å²) < 4.78 is 66.0. The topological polar surface area (TPSA) is 64.8 Å². The molecule has 0 bridgehead atoms. The number of alkyl halides is 3. The fraction of sp³-hybridized carbons (Fsp3) is 0.429. The Kier molecular flexibility index (Phi) is 3.28. The summed E-state index contributed by atoms with van der Waals surface area (Å²) in [7, 11) is -4.38. The normalized spacial score (nSPS) is 27.9. The van der Waals surface area contributed by atoms with Gasteiger partial charge < -0.3 is 0 Å². The molecule has 1 aromatic carbocycles. The van der Waals surface area contributed by atoms with Crippen LogP contribution < -0.4 is 0 Å². The fourth-order valence-electron chi connectivity index (χ4n) is 2.94. The van der Waals surface area contributed by atoms with Crippen molar-refractivity contribution in [2.24, 2.45) is 0 Å². The molecule has 0 N–H and O–H groups in total. The zero-order valence-electron chi connectivity index (χ0n) is 12.0. The summed E-state index contributed by atoms with van der Waals surface area (Å²) in [6.07, 6.45) is -2.28. The monoisotopic (exact) mass is 377 g/mol. The third kappa shape index (κ3) is 2.25. The number of aromatic nitrogens is 3. The highest BCUT2D eigenvalue weighted by molar-refractivity contribution is 7.92. The van der Waals surface area contributed by atoms with Gasteiger partial charge in [-0.25, -0.2) is 26.3 Å². The molecule has 2 heterocycles. The van der Waals surface area contributed by atoms with Gasteiger partial charge in [0.15, 0.2) is 12.0 Å². The number of halogens is 4. The standard InChI is InChI=1S/C14H11ClF3N3O2S/c15-8-4-2-1-3-7(8)10-5-9(16)12-19-13(20-21(10)12)24(22,23)11-6-14(11,17)18/h1-4,9-11H,5-6H2/t9-,10-,11-/m0/s1. The van der Waals surface area contributed by atoms with Crippen LogP contribution in [0.3, 0.4) is 0 Å². The van der Waals surface area contributed by atoms with Crippen LogP contribution in [0.15, 0.2) is 29.4 Å². The first-order chi connectivity index (χ1) is 11.2. The highest BCUT2D eigenvalue weighted by atomic mass is 35.5. The first-order valence-corrected chi connectivity index (χ1v) is 9.11. The van der Waals surface area contributed by atoms with Crippen molar-refractivity contribution in [2.75, 3.05) is 0 Å². The zero-order chi connectivity index (χ0) is 17.3. The van der Waals surface area contributed by atoms with Crippen molar-refractivity contribution in [3.8, 4) is 0 Å². The number of hydrogen-bond donors (Lipinski definition) is 0. The Balaban J connectivity index is 1.76. The second kappa shape index (κ2) is 4.95. The van der Waals surface area contributed by atoms with Crippen LogP contribution >= 0.6 is 11.6 Å². The molecule has 2 aliphatic rings. The first kappa shape index (κ1) is 15.9. The van der Waals surface area contributed by atoms with Crippen molar-refractivity contribution >= 4 is 21.4 Å². The number of nitrogens with zero attached hydrogens (tertiary/aromatic N) is 3. The van der Waals surface area contributed by atoms with Gasteiger partial charge in [-0.1, -0.05) is 29.8 Å². The largest absolute Gasteiger partial charge is 0.267 e. The predicted molar refractivity (Wildman–Crippen MR) is 78.6 cm³/mol. The molecule has 5 nitrogen and oxygen atoms in total. The summed E-state index contributed by atoms with van der Waals surface area (Å²) in [5.74, 6) is -3.45. The third-order valence-electron chi connectivity index (χ3n) is 4.31. The molecule has 1 fully saturated rings. The molecule has 10 heteroatoms. The second-order valence-electron chi connectivity index (χ2n) is 5.94. The van der Waals surface area contributed by atoms with Crippen LogP contribution in [0.5, 0.6) is 0 Å². The van der Waals surface area contributed by atoms with Gasteiger partial charge >= 0.3 is 0 Å². The Morgan fingerprint density at radius 2 is 1.96 bits per heavy atom. The summed E-state index contributed by atoms with van der Waals surface area (Å²) in [6, 6.07) is 6.11. The van der Waals surface area contributed by atoms with Crippen LogP contribution in [0.2, 0.25) is 5.02 Å². The molecule has 0 amide bonds. The highest BCUT2D eigenvalue weighted by Gasteiger charge is 2.66. The maximum atomic E-state index is 14.2. The van der Waals surface area contributed by atoms with Crippen LogP contribution in [0.25, 0.3) is 0 Å². The smallest absolute Gasteiger partial charge is 0.239 e. The van der Waals surface area contributed by atoms with Crippen molar-refractivity contribution in [3.63, 3.8) is 0 Å². The molecule has 1 aliphatic carbocycles. The van der Waals surface area contributed by atoms with Crippen molar-refractivity contribution in [1.82, 2.24) is 14.8 Å². The summed E-state index contributed by atoms with van der Waals surface area (Å²) in [5.41, 5.74) is 0.575. The predicted octanol–water partition coefficient (Wildman–Crippen LogP) is 3.12. The number of hydrogen-bond acceptors (Lipinski definition) is 4. The Morgan fingerprint density at radius 1 is 1.29 bits per heavy atom. The minimum Gasteiger partial charge on any atom is -0.239 e. The van der Waals surface area contributed by atoms with Gasteiger partial charge in [0.1, 0.15) is 5.25 Å². The van der Waals surface area contributed by atoms with E-state index in [1.54, 1.807) is 24.3 Å². The van der Waals surface area contributed by atoms with Crippen LogP contribution in [0, 0.1) is 0 Å². The van der Waals surface area contributed by atoms with Crippen molar-refractivity contribution in [2.45, 2.75) is 41.4 Å². The van der Waals surface area contributed by atoms with Crippen LogP contribution in [0.1, 0.15) is 36.4 Å². The number of benzene rings is 1. The minimum absolute atomic E-state index is 0.0129. The molecule has 1 aromatic heterocycles. The van der Waals surface area contributed by atoms with Crippen LogP contribution in [0.4, 0.5) is 13.2 Å². The van der Waals surface area contributed by atoms with E-state index in [1.807, 2.05) is 0 Å². The molecule has 128 valence electrons. The summed E-state index contributed by atoms with van der Waals surface area (Å²) >= 11 is 6.11. The quantitative estimate of drug-likeness (QED) is 0.824. The van der Waals surface area contributed by atoms with Crippen LogP contribution in [-0.4, -0.2) is 34.4 Å². The van der Waals surface area contributed by atoms with E-state index in [1.165, 1.54) is 0 Å². The van der Waals surface area contributed by atoms with Crippen molar-refractivity contribution in [3.05, 3.63) is 40.7 Å². The van der Waals surface area contributed by atoms with Gasteiger partial charge in [0.05, 0.1) is 6.04 Å². The Bertz CT molecular complexity index is 931. The molecule has 1 saturated carbocycles. The molecule has 4 rings (SSSR count). The maximum absolute atomic E-state index is 14.2. The fourth-order valence-corrected chi connectivity index (χ4v) is 4.77. The van der Waals surface area contributed by atoms with E-state index >= 15 is 0 Å². The molecule has 0 spiro atoms. The lowest BCUT2D eigenvalue weighted by atomic mass is 10.0. The summed E-state index contributed by atoms with van der Waals surface area (Å²) in [6.45, 7) is 0. The highest BCUT2D eigenvalue weighted by Crippen LogP contribution is 2.49. The average Bonchev–Trinajstić information content (AvgIpc) is 2.87.